The number of rotatable bonds is 6. The van der Waals surface area contributed by atoms with Gasteiger partial charge in [0, 0.05) is 38.1 Å². The van der Waals surface area contributed by atoms with Crippen LogP contribution in [0.1, 0.15) is 12.0 Å². The molecule has 2 fully saturated rings. The maximum absolute atomic E-state index is 11.9. The number of nitrogens with one attached hydrogen (secondary N) is 1. The van der Waals surface area contributed by atoms with E-state index in [-0.39, 0.29) is 5.91 Å². The van der Waals surface area contributed by atoms with Gasteiger partial charge in [-0.2, -0.15) is 0 Å². The molecule has 7 heteroatoms. The van der Waals surface area contributed by atoms with Crippen molar-refractivity contribution >= 4 is 17.9 Å². The summed E-state index contributed by atoms with van der Waals surface area (Å²) in [5.74, 6) is 2.84. The molecular weight excluding hydrogens is 316 g/mol. The van der Waals surface area contributed by atoms with Gasteiger partial charge in [-0.05, 0) is 41.9 Å². The third-order valence-electron chi connectivity index (χ3n) is 5.02. The summed E-state index contributed by atoms with van der Waals surface area (Å²) in [5, 5.41) is 2.96. The summed E-state index contributed by atoms with van der Waals surface area (Å²) in [6.45, 7) is 2.74. The number of anilines is 1. The molecule has 1 N–H and O–H groups in total. The minimum atomic E-state index is -0.0542. The molecule has 2 atom stereocenters. The summed E-state index contributed by atoms with van der Waals surface area (Å²) < 4.78 is 0. The number of hydrogen-bond acceptors (Lipinski definition) is 6. The van der Waals surface area contributed by atoms with Gasteiger partial charge in [-0.1, -0.05) is 6.07 Å². The Kier molecular flexibility index (Phi) is 4.37. The van der Waals surface area contributed by atoms with Crippen LogP contribution in [0.25, 0.3) is 6.08 Å². The summed E-state index contributed by atoms with van der Waals surface area (Å²) in [4.78, 5) is 30.4. The standard InChI is InChI=1S/C18H20N6O/c25-17(4-3-13-2-1-6-19-8-13)21-7-5-14-15-9-24(10-16(14)15)18-22-11-20-12-23-18/h1-4,6,8,11-12,14-16H,5,7,9-10H2,(H,21,25)/b4-3+. The molecule has 0 spiro atoms. The van der Waals surface area contributed by atoms with Crippen LogP contribution in [-0.2, 0) is 4.79 Å². The highest BCUT2D eigenvalue weighted by Crippen LogP contribution is 2.53. The molecule has 1 saturated carbocycles. The van der Waals surface area contributed by atoms with Crippen LogP contribution in [0.15, 0.2) is 43.3 Å². The summed E-state index contributed by atoms with van der Waals surface area (Å²) >= 11 is 0. The number of nitrogens with zero attached hydrogens (tertiary/aromatic N) is 5. The highest BCUT2D eigenvalue weighted by atomic mass is 16.1. The van der Waals surface area contributed by atoms with Gasteiger partial charge in [-0.3, -0.25) is 9.78 Å². The Bertz CT molecular complexity index is 739. The van der Waals surface area contributed by atoms with E-state index < -0.39 is 0 Å². The van der Waals surface area contributed by atoms with E-state index in [1.54, 1.807) is 24.5 Å². The van der Waals surface area contributed by atoms with Crippen molar-refractivity contribution in [2.75, 3.05) is 24.5 Å². The quantitative estimate of drug-likeness (QED) is 0.797. The summed E-state index contributed by atoms with van der Waals surface area (Å²) in [6, 6.07) is 3.77. The van der Waals surface area contributed by atoms with Gasteiger partial charge in [-0.25, -0.2) is 15.0 Å². The van der Waals surface area contributed by atoms with Crippen LogP contribution in [-0.4, -0.2) is 45.5 Å². The van der Waals surface area contributed by atoms with Crippen molar-refractivity contribution in [2.45, 2.75) is 6.42 Å². The van der Waals surface area contributed by atoms with E-state index >= 15 is 0 Å². The van der Waals surface area contributed by atoms with Crippen molar-refractivity contribution in [1.82, 2.24) is 25.3 Å². The lowest BCUT2D eigenvalue weighted by Gasteiger charge is -2.19. The van der Waals surface area contributed by atoms with E-state index in [1.807, 2.05) is 12.1 Å². The fourth-order valence-corrected chi connectivity index (χ4v) is 3.70. The van der Waals surface area contributed by atoms with Crippen LogP contribution in [0.4, 0.5) is 5.95 Å². The minimum Gasteiger partial charge on any atom is -0.353 e. The van der Waals surface area contributed by atoms with E-state index in [1.165, 1.54) is 12.7 Å². The average Bonchev–Trinajstić information content (AvgIpc) is 3.11. The van der Waals surface area contributed by atoms with Gasteiger partial charge in [0.05, 0.1) is 0 Å². The fraction of sp³-hybridized carbons (Fsp3) is 0.389. The molecule has 2 aliphatic rings. The highest BCUT2D eigenvalue weighted by molar-refractivity contribution is 5.91. The summed E-state index contributed by atoms with van der Waals surface area (Å²) in [5.41, 5.74) is 0.924. The van der Waals surface area contributed by atoms with Crippen molar-refractivity contribution in [1.29, 1.82) is 0 Å². The Morgan fingerprint density at radius 3 is 2.76 bits per heavy atom. The molecule has 1 saturated heterocycles. The van der Waals surface area contributed by atoms with Crippen molar-refractivity contribution in [3.63, 3.8) is 0 Å². The molecule has 1 amide bonds. The Morgan fingerprint density at radius 2 is 2.04 bits per heavy atom. The Morgan fingerprint density at radius 1 is 1.24 bits per heavy atom. The molecule has 7 nitrogen and oxygen atoms in total. The lowest BCUT2D eigenvalue weighted by Crippen LogP contribution is -2.27. The van der Waals surface area contributed by atoms with E-state index in [2.05, 4.69) is 30.2 Å². The largest absolute Gasteiger partial charge is 0.353 e. The first-order valence-electron chi connectivity index (χ1n) is 8.54. The molecular formula is C18H20N6O. The molecule has 4 rings (SSSR count). The second-order valence-electron chi connectivity index (χ2n) is 6.53. The zero-order valence-corrected chi connectivity index (χ0v) is 13.8. The van der Waals surface area contributed by atoms with Crippen LogP contribution in [0, 0.1) is 17.8 Å². The SMILES string of the molecule is O=C(/C=C/c1cccnc1)NCCC1C2CN(c3ncncn3)CC12. The zero-order valence-electron chi connectivity index (χ0n) is 13.8. The topological polar surface area (TPSA) is 83.9 Å². The first kappa shape index (κ1) is 15.7. The number of aromatic nitrogens is 4. The molecule has 0 aromatic carbocycles. The normalized spacial score (nSPS) is 24.3. The van der Waals surface area contributed by atoms with E-state index in [0.717, 1.165) is 37.6 Å². The van der Waals surface area contributed by atoms with Crippen molar-refractivity contribution < 1.29 is 4.79 Å². The third-order valence-corrected chi connectivity index (χ3v) is 5.02. The molecule has 0 bridgehead atoms. The first-order valence-corrected chi connectivity index (χ1v) is 8.54. The van der Waals surface area contributed by atoms with Gasteiger partial charge >= 0.3 is 0 Å². The maximum atomic E-state index is 11.9. The third kappa shape index (κ3) is 3.65. The Balaban J connectivity index is 1.17. The van der Waals surface area contributed by atoms with E-state index in [9.17, 15) is 4.79 Å². The molecule has 2 unspecified atom stereocenters. The second kappa shape index (κ2) is 6.96. The van der Waals surface area contributed by atoms with Crippen molar-refractivity contribution in [3.8, 4) is 0 Å². The number of hydrogen-bond donors (Lipinski definition) is 1. The number of piperidine rings is 1. The van der Waals surface area contributed by atoms with Gasteiger partial charge in [0.15, 0.2) is 0 Å². The van der Waals surface area contributed by atoms with E-state index in [4.69, 9.17) is 0 Å². The number of pyridine rings is 1. The van der Waals surface area contributed by atoms with Gasteiger partial charge in [-0.15, -0.1) is 0 Å². The second-order valence-corrected chi connectivity index (χ2v) is 6.53. The van der Waals surface area contributed by atoms with E-state index in [0.29, 0.717) is 17.8 Å². The number of fused-ring (bicyclic) bond motifs is 1. The monoisotopic (exact) mass is 336 g/mol. The van der Waals surface area contributed by atoms with Crippen LogP contribution >= 0.6 is 0 Å². The van der Waals surface area contributed by atoms with Gasteiger partial charge < -0.3 is 10.2 Å². The summed E-state index contributed by atoms with van der Waals surface area (Å²) in [7, 11) is 0. The van der Waals surface area contributed by atoms with Gasteiger partial charge in [0.2, 0.25) is 11.9 Å². The smallest absolute Gasteiger partial charge is 0.244 e. The minimum absolute atomic E-state index is 0.0542. The predicted molar refractivity (Wildman–Crippen MR) is 93.4 cm³/mol. The number of carbonyl (C=O) groups is 1. The van der Waals surface area contributed by atoms with Gasteiger partial charge in [0.25, 0.3) is 0 Å². The summed E-state index contributed by atoms with van der Waals surface area (Å²) in [6.07, 6.45) is 10.9. The van der Waals surface area contributed by atoms with Crippen LogP contribution < -0.4 is 10.2 Å². The Hall–Kier alpha value is -2.83. The van der Waals surface area contributed by atoms with Crippen molar-refractivity contribution in [3.05, 3.63) is 48.8 Å². The number of carbonyl (C=O) groups excluding carboxylic acids is 1. The number of amides is 1. The van der Waals surface area contributed by atoms with Crippen molar-refractivity contribution in [2.24, 2.45) is 17.8 Å². The lowest BCUT2D eigenvalue weighted by atomic mass is 10.2. The zero-order chi connectivity index (χ0) is 17.1. The molecule has 1 aliphatic carbocycles. The molecule has 128 valence electrons. The molecule has 2 aromatic rings. The molecule has 1 aliphatic heterocycles. The highest BCUT2D eigenvalue weighted by Gasteiger charge is 2.55. The molecule has 2 aromatic heterocycles. The van der Waals surface area contributed by atoms with Crippen LogP contribution in [0.5, 0.6) is 0 Å². The predicted octanol–water partition coefficient (Wildman–Crippen LogP) is 1.17. The molecule has 25 heavy (non-hydrogen) atoms. The first-order chi connectivity index (χ1) is 12.3. The maximum Gasteiger partial charge on any atom is 0.244 e. The van der Waals surface area contributed by atoms with Crippen LogP contribution in [0.3, 0.4) is 0 Å². The molecule has 3 heterocycles. The van der Waals surface area contributed by atoms with Crippen LogP contribution in [0.2, 0.25) is 0 Å². The average molecular weight is 336 g/mol. The Labute approximate surface area is 146 Å². The molecule has 0 radical (unpaired) electrons. The van der Waals surface area contributed by atoms with Gasteiger partial charge in [0.1, 0.15) is 12.7 Å². The lowest BCUT2D eigenvalue weighted by molar-refractivity contribution is -0.116. The fourth-order valence-electron chi connectivity index (χ4n) is 3.70.